The summed E-state index contributed by atoms with van der Waals surface area (Å²) in [5.41, 5.74) is -0.947. The number of hydrogen-bond acceptors (Lipinski definition) is 2. The average Bonchev–Trinajstić information content (AvgIpc) is 2.14. The Kier molecular flexibility index (Phi) is 3.64. The van der Waals surface area contributed by atoms with Crippen LogP contribution in [0.2, 0.25) is 5.02 Å². The van der Waals surface area contributed by atoms with Crippen LogP contribution < -0.4 is 4.74 Å². The fourth-order valence-electron chi connectivity index (χ4n) is 0.930. The van der Waals surface area contributed by atoms with Crippen molar-refractivity contribution >= 4 is 17.6 Å². The molecule has 0 radical (unpaired) electrons. The second-order valence-corrected chi connectivity index (χ2v) is 3.23. The van der Waals surface area contributed by atoms with Gasteiger partial charge in [-0.3, -0.25) is 0 Å². The molecule has 1 aromatic rings. The van der Waals surface area contributed by atoms with Crippen LogP contribution in [0.3, 0.4) is 0 Å². The lowest BCUT2D eigenvalue weighted by atomic mass is 10.2. The van der Waals surface area contributed by atoms with Gasteiger partial charge in [0.1, 0.15) is 5.75 Å². The van der Waals surface area contributed by atoms with Crippen molar-refractivity contribution in [3.8, 4) is 5.75 Å². The molecule has 0 unspecified atom stereocenters. The summed E-state index contributed by atoms with van der Waals surface area (Å²) in [6.45, 7) is -0.749. The van der Waals surface area contributed by atoms with Crippen LogP contribution in [0.15, 0.2) is 18.2 Å². The van der Waals surface area contributed by atoms with Crippen LogP contribution in [-0.2, 0) is 11.0 Å². The number of carboxylic acids is 1. The highest BCUT2D eigenvalue weighted by Gasteiger charge is 2.31. The quantitative estimate of drug-likeness (QED) is 0.902. The first-order chi connectivity index (χ1) is 7.30. The third-order valence-corrected chi connectivity index (χ3v) is 1.92. The number of carboxylic acid groups (broad SMARTS) is 1. The Bertz CT molecular complexity index is 403. The molecule has 0 amide bonds. The Labute approximate surface area is 93.4 Å². The molecular weight excluding hydrogens is 249 g/mol. The molecule has 1 N–H and O–H groups in total. The van der Waals surface area contributed by atoms with Crippen molar-refractivity contribution in [3.63, 3.8) is 0 Å². The fourth-order valence-corrected chi connectivity index (χ4v) is 1.10. The van der Waals surface area contributed by atoms with Crippen LogP contribution in [0.1, 0.15) is 5.56 Å². The van der Waals surface area contributed by atoms with Crippen molar-refractivity contribution in [2.45, 2.75) is 6.18 Å². The van der Waals surface area contributed by atoms with Crippen LogP contribution in [0.5, 0.6) is 5.75 Å². The van der Waals surface area contributed by atoms with Gasteiger partial charge in [0, 0.05) is 0 Å². The number of alkyl halides is 3. The topological polar surface area (TPSA) is 46.5 Å². The predicted octanol–water partition coefficient (Wildman–Crippen LogP) is 2.82. The molecule has 0 atom stereocenters. The van der Waals surface area contributed by atoms with E-state index in [1.54, 1.807) is 0 Å². The molecule has 0 bridgehead atoms. The van der Waals surface area contributed by atoms with Crippen LogP contribution in [0.25, 0.3) is 0 Å². The maximum atomic E-state index is 12.3. The van der Waals surface area contributed by atoms with E-state index in [1.807, 2.05) is 0 Å². The Morgan fingerprint density at radius 3 is 2.56 bits per heavy atom. The average molecular weight is 255 g/mol. The van der Waals surface area contributed by atoms with Crippen molar-refractivity contribution in [2.24, 2.45) is 0 Å². The Morgan fingerprint density at radius 2 is 2.06 bits per heavy atom. The minimum atomic E-state index is -4.52. The molecule has 0 heterocycles. The van der Waals surface area contributed by atoms with Gasteiger partial charge in [-0.25, -0.2) is 4.79 Å². The van der Waals surface area contributed by atoms with Crippen molar-refractivity contribution in [3.05, 3.63) is 28.8 Å². The van der Waals surface area contributed by atoms with Gasteiger partial charge in [-0.05, 0) is 18.2 Å². The van der Waals surface area contributed by atoms with Gasteiger partial charge >= 0.3 is 12.1 Å². The third kappa shape index (κ3) is 3.30. The lowest BCUT2D eigenvalue weighted by Crippen LogP contribution is -2.11. The molecule has 0 saturated carbocycles. The minimum Gasteiger partial charge on any atom is -0.480 e. The summed E-state index contributed by atoms with van der Waals surface area (Å²) in [5, 5.41) is 8.23. The zero-order valence-corrected chi connectivity index (χ0v) is 8.47. The van der Waals surface area contributed by atoms with Crippen LogP contribution in [0.4, 0.5) is 13.2 Å². The van der Waals surface area contributed by atoms with Crippen LogP contribution >= 0.6 is 11.6 Å². The smallest absolute Gasteiger partial charge is 0.416 e. The summed E-state index contributed by atoms with van der Waals surface area (Å²) in [6, 6.07) is 2.45. The SMILES string of the molecule is O=C(O)COc1cc(C(F)(F)F)ccc1Cl. The molecule has 3 nitrogen and oxygen atoms in total. The maximum Gasteiger partial charge on any atom is 0.416 e. The monoisotopic (exact) mass is 254 g/mol. The molecule has 16 heavy (non-hydrogen) atoms. The first-order valence-electron chi connectivity index (χ1n) is 4.02. The second-order valence-electron chi connectivity index (χ2n) is 2.83. The van der Waals surface area contributed by atoms with Crippen molar-refractivity contribution in [1.29, 1.82) is 0 Å². The van der Waals surface area contributed by atoms with Crippen molar-refractivity contribution < 1.29 is 27.8 Å². The van der Waals surface area contributed by atoms with Gasteiger partial charge in [-0.2, -0.15) is 13.2 Å². The van der Waals surface area contributed by atoms with Gasteiger partial charge in [0.15, 0.2) is 6.61 Å². The molecule has 1 rings (SSSR count). The van der Waals surface area contributed by atoms with Crippen molar-refractivity contribution in [2.75, 3.05) is 6.61 Å². The lowest BCUT2D eigenvalue weighted by molar-refractivity contribution is -0.139. The summed E-state index contributed by atoms with van der Waals surface area (Å²) < 4.78 is 41.5. The number of ether oxygens (including phenoxy) is 1. The van der Waals surface area contributed by atoms with E-state index in [0.717, 1.165) is 12.1 Å². The standard InChI is InChI=1S/C9H6ClF3O3/c10-6-2-1-5(9(11,12)13)3-7(6)16-4-8(14)15/h1-3H,4H2,(H,14,15). The summed E-state index contributed by atoms with van der Waals surface area (Å²) in [5.74, 6) is -1.60. The van der Waals surface area contributed by atoms with E-state index in [0.29, 0.717) is 6.07 Å². The number of carbonyl (C=O) groups is 1. The lowest BCUT2D eigenvalue weighted by Gasteiger charge is -2.10. The van der Waals surface area contributed by atoms with Crippen LogP contribution in [-0.4, -0.2) is 17.7 Å². The fraction of sp³-hybridized carbons (Fsp3) is 0.222. The molecule has 88 valence electrons. The number of hydrogen-bond donors (Lipinski definition) is 1. The first kappa shape index (κ1) is 12.6. The number of rotatable bonds is 3. The summed E-state index contributed by atoms with van der Waals surface area (Å²) in [4.78, 5) is 10.2. The largest absolute Gasteiger partial charge is 0.480 e. The highest BCUT2D eigenvalue weighted by molar-refractivity contribution is 6.32. The second kappa shape index (κ2) is 4.61. The number of halogens is 4. The Hall–Kier alpha value is -1.43. The van der Waals surface area contributed by atoms with E-state index in [4.69, 9.17) is 16.7 Å². The molecule has 0 aliphatic rings. The normalized spacial score (nSPS) is 11.2. The van der Waals surface area contributed by atoms with Gasteiger partial charge < -0.3 is 9.84 Å². The predicted molar refractivity (Wildman–Crippen MR) is 49.6 cm³/mol. The Balaban J connectivity index is 2.95. The zero-order valence-electron chi connectivity index (χ0n) is 7.71. The molecule has 0 spiro atoms. The molecule has 0 aliphatic heterocycles. The van der Waals surface area contributed by atoms with Gasteiger partial charge in [-0.15, -0.1) is 0 Å². The van der Waals surface area contributed by atoms with Crippen molar-refractivity contribution in [1.82, 2.24) is 0 Å². The molecular formula is C9H6ClF3O3. The van der Waals surface area contributed by atoms with Gasteiger partial charge in [0.25, 0.3) is 0 Å². The summed E-state index contributed by atoms with van der Waals surface area (Å²) >= 11 is 5.54. The highest BCUT2D eigenvalue weighted by atomic mass is 35.5. The highest BCUT2D eigenvalue weighted by Crippen LogP contribution is 2.34. The van der Waals surface area contributed by atoms with Gasteiger partial charge in [-0.1, -0.05) is 11.6 Å². The van der Waals surface area contributed by atoms with Crippen LogP contribution in [0, 0.1) is 0 Å². The number of aliphatic carboxylic acids is 1. The molecule has 0 fully saturated rings. The molecule has 0 aromatic heterocycles. The maximum absolute atomic E-state index is 12.3. The first-order valence-corrected chi connectivity index (χ1v) is 4.40. The molecule has 0 saturated heterocycles. The summed E-state index contributed by atoms with van der Waals surface area (Å²) in [7, 11) is 0. The van der Waals surface area contributed by atoms with E-state index in [9.17, 15) is 18.0 Å². The van der Waals surface area contributed by atoms with E-state index in [2.05, 4.69) is 4.74 Å². The van der Waals surface area contributed by atoms with E-state index in [-0.39, 0.29) is 10.8 Å². The molecule has 7 heteroatoms. The Morgan fingerprint density at radius 1 is 1.44 bits per heavy atom. The summed E-state index contributed by atoms with van der Waals surface area (Å²) in [6.07, 6.45) is -4.52. The van der Waals surface area contributed by atoms with E-state index < -0.39 is 24.3 Å². The van der Waals surface area contributed by atoms with Gasteiger partial charge in [0.2, 0.25) is 0 Å². The molecule has 0 aliphatic carbocycles. The van der Waals surface area contributed by atoms with Gasteiger partial charge in [0.05, 0.1) is 10.6 Å². The number of benzene rings is 1. The van der Waals surface area contributed by atoms with E-state index >= 15 is 0 Å². The molecule has 1 aromatic carbocycles. The minimum absolute atomic E-state index is 0.0748. The van der Waals surface area contributed by atoms with E-state index in [1.165, 1.54) is 0 Å². The zero-order chi connectivity index (χ0) is 12.3. The third-order valence-electron chi connectivity index (χ3n) is 1.61.